The number of alkyl halides is 3. The summed E-state index contributed by atoms with van der Waals surface area (Å²) in [7, 11) is -2.49. The minimum atomic E-state index is -4.84. The van der Waals surface area contributed by atoms with E-state index in [0.29, 0.717) is 5.75 Å². The number of nitrogens with zero attached hydrogens (tertiary/aromatic N) is 1. The second-order valence-electron chi connectivity index (χ2n) is 6.12. The Bertz CT molecular complexity index is 1010. The highest BCUT2D eigenvalue weighted by Crippen LogP contribution is 2.31. The maximum absolute atomic E-state index is 12.6. The zero-order valence-corrected chi connectivity index (χ0v) is 17.6. The highest BCUT2D eigenvalue weighted by Gasteiger charge is 2.31. The van der Waals surface area contributed by atoms with Crippen LogP contribution in [0.1, 0.15) is 6.92 Å². The first kappa shape index (κ1) is 23.6. The van der Waals surface area contributed by atoms with Crippen LogP contribution in [-0.2, 0) is 14.8 Å². The Morgan fingerprint density at radius 3 is 2.23 bits per heavy atom. The lowest BCUT2D eigenvalue weighted by atomic mass is 10.2. The van der Waals surface area contributed by atoms with Crippen LogP contribution < -0.4 is 19.1 Å². The number of methoxy groups -OCH3 is 1. The molecule has 0 aliphatic carbocycles. The van der Waals surface area contributed by atoms with Crippen LogP contribution in [0.3, 0.4) is 0 Å². The summed E-state index contributed by atoms with van der Waals surface area (Å²) in [5.74, 6) is -0.844. The van der Waals surface area contributed by atoms with Gasteiger partial charge in [-0.05, 0) is 49.4 Å². The fourth-order valence-electron chi connectivity index (χ4n) is 2.59. The van der Waals surface area contributed by atoms with E-state index < -0.39 is 34.1 Å². The number of anilines is 2. The van der Waals surface area contributed by atoms with Crippen LogP contribution in [0.25, 0.3) is 0 Å². The molecule has 0 fully saturated rings. The predicted octanol–water partition coefficient (Wildman–Crippen LogP) is 4.04. The van der Waals surface area contributed by atoms with Crippen LogP contribution >= 0.6 is 11.6 Å². The van der Waals surface area contributed by atoms with Gasteiger partial charge in [0.1, 0.15) is 17.5 Å². The number of halogens is 4. The minimum absolute atomic E-state index is 0.139. The fraction of sp³-hybridized carbons (Fsp3) is 0.278. The molecule has 0 aliphatic rings. The highest BCUT2D eigenvalue weighted by atomic mass is 35.5. The van der Waals surface area contributed by atoms with E-state index in [0.717, 1.165) is 22.7 Å². The van der Waals surface area contributed by atoms with Crippen LogP contribution in [0.15, 0.2) is 42.5 Å². The van der Waals surface area contributed by atoms with E-state index in [1.165, 1.54) is 44.4 Å². The Morgan fingerprint density at radius 1 is 1.17 bits per heavy atom. The van der Waals surface area contributed by atoms with E-state index in [-0.39, 0.29) is 16.4 Å². The number of sulfonamides is 1. The number of amides is 1. The van der Waals surface area contributed by atoms with Crippen molar-refractivity contribution in [3.8, 4) is 11.5 Å². The molecule has 12 heteroatoms. The van der Waals surface area contributed by atoms with E-state index >= 15 is 0 Å². The second kappa shape index (κ2) is 9.00. The summed E-state index contributed by atoms with van der Waals surface area (Å²) >= 11 is 6.06. The lowest BCUT2D eigenvalue weighted by Gasteiger charge is -2.28. The molecule has 30 heavy (non-hydrogen) atoms. The Morgan fingerprint density at radius 2 is 1.77 bits per heavy atom. The van der Waals surface area contributed by atoms with Gasteiger partial charge < -0.3 is 14.8 Å². The summed E-state index contributed by atoms with van der Waals surface area (Å²) in [5.41, 5.74) is 0.294. The molecule has 1 N–H and O–H groups in total. The topological polar surface area (TPSA) is 84.9 Å². The number of hydrogen-bond acceptors (Lipinski definition) is 5. The van der Waals surface area contributed by atoms with Crippen molar-refractivity contribution >= 4 is 38.9 Å². The summed E-state index contributed by atoms with van der Waals surface area (Å²) in [5, 5.41) is 2.60. The first-order valence-electron chi connectivity index (χ1n) is 8.31. The summed E-state index contributed by atoms with van der Waals surface area (Å²) in [6.45, 7) is 1.36. The third kappa shape index (κ3) is 6.17. The predicted molar refractivity (Wildman–Crippen MR) is 107 cm³/mol. The minimum Gasteiger partial charge on any atom is -0.495 e. The zero-order chi connectivity index (χ0) is 22.7. The smallest absolute Gasteiger partial charge is 0.495 e. The second-order valence-corrected chi connectivity index (χ2v) is 8.38. The SMILES string of the molecule is COc1ccc(N([C@H](C)C(=O)Nc2ccc(OC(F)(F)F)cc2)S(C)(=O)=O)cc1Cl. The average Bonchev–Trinajstić information content (AvgIpc) is 2.61. The van der Waals surface area contributed by atoms with E-state index in [1.54, 1.807) is 0 Å². The molecule has 2 aromatic carbocycles. The maximum Gasteiger partial charge on any atom is 0.573 e. The Kier molecular flexibility index (Phi) is 7.09. The zero-order valence-electron chi connectivity index (χ0n) is 16.0. The number of rotatable bonds is 7. The fourth-order valence-corrected chi connectivity index (χ4v) is 4.01. The third-order valence-electron chi connectivity index (χ3n) is 3.83. The first-order chi connectivity index (χ1) is 13.8. The van der Waals surface area contributed by atoms with Crippen molar-refractivity contribution in [3.63, 3.8) is 0 Å². The summed E-state index contributed by atoms with van der Waals surface area (Å²) in [6, 6.07) is 7.46. The van der Waals surface area contributed by atoms with Crippen LogP contribution in [0.2, 0.25) is 5.02 Å². The van der Waals surface area contributed by atoms with Gasteiger partial charge in [-0.25, -0.2) is 8.42 Å². The van der Waals surface area contributed by atoms with Gasteiger partial charge in [0.05, 0.1) is 24.1 Å². The van der Waals surface area contributed by atoms with Gasteiger partial charge in [-0.1, -0.05) is 11.6 Å². The number of hydrogen-bond donors (Lipinski definition) is 1. The van der Waals surface area contributed by atoms with Crippen LogP contribution in [-0.4, -0.2) is 40.1 Å². The maximum atomic E-state index is 12.6. The van der Waals surface area contributed by atoms with Crippen molar-refractivity contribution in [2.45, 2.75) is 19.3 Å². The van der Waals surface area contributed by atoms with Crippen LogP contribution in [0.4, 0.5) is 24.5 Å². The third-order valence-corrected chi connectivity index (χ3v) is 5.37. The molecule has 1 atom stereocenters. The van der Waals surface area contributed by atoms with E-state index in [2.05, 4.69) is 10.1 Å². The number of carbonyl (C=O) groups excluding carboxylic acids is 1. The van der Waals surface area contributed by atoms with Crippen LogP contribution in [0.5, 0.6) is 11.5 Å². The molecule has 7 nitrogen and oxygen atoms in total. The molecule has 2 aromatic rings. The molecule has 2 rings (SSSR count). The van der Waals surface area contributed by atoms with E-state index in [1.807, 2.05) is 0 Å². The van der Waals surface area contributed by atoms with Crippen molar-refractivity contribution in [2.75, 3.05) is 23.0 Å². The largest absolute Gasteiger partial charge is 0.573 e. The van der Waals surface area contributed by atoms with Gasteiger partial charge in [0, 0.05) is 5.69 Å². The van der Waals surface area contributed by atoms with Gasteiger partial charge in [-0.2, -0.15) is 0 Å². The molecule has 0 saturated heterocycles. The monoisotopic (exact) mass is 466 g/mol. The summed E-state index contributed by atoms with van der Waals surface area (Å²) < 4.78 is 71.0. The number of benzene rings is 2. The lowest BCUT2D eigenvalue weighted by molar-refractivity contribution is -0.274. The van der Waals surface area contributed by atoms with Gasteiger partial charge in [-0.15, -0.1) is 13.2 Å². The van der Waals surface area contributed by atoms with Gasteiger partial charge in [0.15, 0.2) is 0 Å². The Balaban J connectivity index is 2.23. The summed E-state index contributed by atoms with van der Waals surface area (Å²) in [4.78, 5) is 12.6. The molecule has 0 radical (unpaired) electrons. The number of nitrogens with one attached hydrogen (secondary N) is 1. The average molecular weight is 467 g/mol. The molecular formula is C18H18ClF3N2O5S. The molecule has 0 spiro atoms. The van der Waals surface area contributed by atoms with E-state index in [4.69, 9.17) is 16.3 Å². The molecule has 0 saturated carbocycles. The van der Waals surface area contributed by atoms with Gasteiger partial charge >= 0.3 is 6.36 Å². The molecule has 1 amide bonds. The van der Waals surface area contributed by atoms with Crippen molar-refractivity contribution in [1.29, 1.82) is 0 Å². The van der Waals surface area contributed by atoms with Crippen molar-refractivity contribution in [3.05, 3.63) is 47.5 Å². The Hall–Kier alpha value is -2.66. The highest BCUT2D eigenvalue weighted by molar-refractivity contribution is 7.92. The number of ether oxygens (including phenoxy) is 2. The molecule has 0 unspecified atom stereocenters. The van der Waals surface area contributed by atoms with Crippen molar-refractivity contribution in [1.82, 2.24) is 0 Å². The number of carbonyl (C=O) groups is 1. The molecule has 0 heterocycles. The lowest BCUT2D eigenvalue weighted by Crippen LogP contribution is -2.45. The molecule has 164 valence electrons. The van der Waals surface area contributed by atoms with Gasteiger partial charge in [0.25, 0.3) is 0 Å². The molecule has 0 aliphatic heterocycles. The van der Waals surface area contributed by atoms with E-state index in [9.17, 15) is 26.4 Å². The molecule has 0 bridgehead atoms. The summed E-state index contributed by atoms with van der Waals surface area (Å²) in [6.07, 6.45) is -3.91. The van der Waals surface area contributed by atoms with Gasteiger partial charge in [-0.3, -0.25) is 9.10 Å². The van der Waals surface area contributed by atoms with Crippen molar-refractivity contribution in [2.24, 2.45) is 0 Å². The molecule has 0 aromatic heterocycles. The first-order valence-corrected chi connectivity index (χ1v) is 10.5. The van der Waals surface area contributed by atoms with Crippen LogP contribution in [0, 0.1) is 0 Å². The van der Waals surface area contributed by atoms with Gasteiger partial charge in [0.2, 0.25) is 15.9 Å². The normalized spacial score (nSPS) is 12.8. The Labute approximate surface area is 176 Å². The quantitative estimate of drug-likeness (QED) is 0.665. The molecular weight excluding hydrogens is 449 g/mol. The standard InChI is InChI=1S/C18H18ClF3N2O5S/c1-11(17(25)23-12-4-7-14(8-5-12)29-18(20,21)22)24(30(3,26)27)13-6-9-16(28-2)15(19)10-13/h4-11H,1-3H3,(H,23,25)/t11-/m1/s1. The van der Waals surface area contributed by atoms with Crippen molar-refractivity contribution < 1.29 is 35.9 Å².